The Balaban J connectivity index is 1.44. The molecule has 0 aromatic heterocycles. The van der Waals surface area contributed by atoms with Gasteiger partial charge in [0.1, 0.15) is 12.1 Å². The van der Waals surface area contributed by atoms with Crippen molar-refractivity contribution in [3.63, 3.8) is 0 Å². The Morgan fingerprint density at radius 2 is 1.78 bits per heavy atom. The highest BCUT2D eigenvalue weighted by molar-refractivity contribution is 6.30. The molecule has 2 aromatic carbocycles. The fraction of sp³-hybridized carbons (Fsp3) is 0.484. The van der Waals surface area contributed by atoms with Crippen LogP contribution in [-0.2, 0) is 25.5 Å². The topological polar surface area (TPSA) is 125 Å². The molecule has 1 heterocycles. The minimum absolute atomic E-state index is 0.104. The molecule has 1 saturated carbocycles. The minimum atomic E-state index is -0.959. The molecule has 1 aliphatic heterocycles. The zero-order chi connectivity index (χ0) is 29.2. The molecule has 0 spiro atoms. The van der Waals surface area contributed by atoms with Crippen LogP contribution in [0.1, 0.15) is 75.0 Å². The van der Waals surface area contributed by atoms with Crippen LogP contribution < -0.4 is 10.7 Å². The summed E-state index contributed by atoms with van der Waals surface area (Å²) in [4.78, 5) is 50.4. The highest BCUT2D eigenvalue weighted by Gasteiger charge is 2.35. The molecule has 2 fully saturated rings. The van der Waals surface area contributed by atoms with Crippen molar-refractivity contribution in [2.75, 3.05) is 6.54 Å². The number of ether oxygens (including phenoxy) is 1. The van der Waals surface area contributed by atoms with Crippen molar-refractivity contribution in [2.45, 2.75) is 76.4 Å². The first kappa shape index (κ1) is 30.4. The van der Waals surface area contributed by atoms with Crippen LogP contribution in [0.2, 0.25) is 5.02 Å². The summed E-state index contributed by atoms with van der Waals surface area (Å²) in [5.74, 6) is -1.91. The highest BCUT2D eigenvalue weighted by Crippen LogP contribution is 2.29. The van der Waals surface area contributed by atoms with E-state index in [2.05, 4.69) is 10.7 Å². The normalized spacial score (nSPS) is 18.9. The molecule has 2 aromatic rings. The first-order valence-corrected chi connectivity index (χ1v) is 14.8. The zero-order valence-electron chi connectivity index (χ0n) is 23.1. The number of nitrogens with zero attached hydrogens (tertiary/aromatic N) is 1. The second kappa shape index (κ2) is 14.9. The third kappa shape index (κ3) is 9.21. The van der Waals surface area contributed by atoms with Gasteiger partial charge in [0.05, 0.1) is 0 Å². The average molecular weight is 584 g/mol. The summed E-state index contributed by atoms with van der Waals surface area (Å²) in [5, 5.41) is 13.6. The van der Waals surface area contributed by atoms with Gasteiger partial charge in [0.25, 0.3) is 5.91 Å². The average Bonchev–Trinajstić information content (AvgIpc) is 3.30. The van der Waals surface area contributed by atoms with Crippen molar-refractivity contribution in [3.8, 4) is 0 Å². The fourth-order valence-electron chi connectivity index (χ4n) is 5.69. The lowest BCUT2D eigenvalue weighted by atomic mass is 9.84. The third-order valence-electron chi connectivity index (χ3n) is 7.90. The number of hydrazine groups is 1. The second-order valence-corrected chi connectivity index (χ2v) is 11.4. The second-order valence-electron chi connectivity index (χ2n) is 11.0. The molecule has 220 valence electrons. The van der Waals surface area contributed by atoms with Crippen LogP contribution in [0.15, 0.2) is 54.6 Å². The van der Waals surface area contributed by atoms with Crippen LogP contribution in [0.4, 0.5) is 4.79 Å². The predicted molar refractivity (Wildman–Crippen MR) is 154 cm³/mol. The molecule has 10 heteroatoms. The van der Waals surface area contributed by atoms with Gasteiger partial charge in [-0.05, 0) is 48.4 Å². The van der Waals surface area contributed by atoms with E-state index in [0.717, 1.165) is 43.2 Å². The number of carboxylic acid groups (broad SMARTS) is 1. The summed E-state index contributed by atoms with van der Waals surface area (Å²) in [6.07, 6.45) is 5.37. The first-order valence-electron chi connectivity index (χ1n) is 14.4. The maximum atomic E-state index is 13.4. The number of halogens is 1. The van der Waals surface area contributed by atoms with Gasteiger partial charge in [-0.2, -0.15) is 0 Å². The molecular weight excluding hydrogens is 546 g/mol. The van der Waals surface area contributed by atoms with Gasteiger partial charge in [0, 0.05) is 30.3 Å². The number of rotatable bonds is 12. The molecule has 41 heavy (non-hydrogen) atoms. The minimum Gasteiger partial charge on any atom is -0.481 e. The third-order valence-corrected chi connectivity index (χ3v) is 8.14. The summed E-state index contributed by atoms with van der Waals surface area (Å²) < 4.78 is 5.90. The van der Waals surface area contributed by atoms with Gasteiger partial charge >= 0.3 is 12.1 Å². The molecule has 9 nitrogen and oxygen atoms in total. The standard InChI is InChI=1S/C31H38ClN3O6/c32-25-13-7-10-22(18-25)20-27(23-11-5-2-6-12-23)41-31(40)33-26(19-21-8-3-1-4-9-21)29(38)34-35-17-16-24(30(35)39)14-15-28(36)37/h2,5-7,10-13,18,21,24,26-27H,1,3-4,8-9,14-17,19-20H2,(H,33,40)(H,34,38)(H,36,37)/t24-,26-,27?/m0/s1. The van der Waals surface area contributed by atoms with E-state index in [-0.39, 0.29) is 24.7 Å². The lowest BCUT2D eigenvalue weighted by molar-refractivity contribution is -0.142. The van der Waals surface area contributed by atoms with E-state index in [4.69, 9.17) is 21.4 Å². The van der Waals surface area contributed by atoms with E-state index in [1.54, 1.807) is 6.07 Å². The van der Waals surface area contributed by atoms with Crippen LogP contribution in [0.25, 0.3) is 0 Å². The van der Waals surface area contributed by atoms with E-state index in [1.807, 2.05) is 48.5 Å². The number of carboxylic acids is 1. The van der Waals surface area contributed by atoms with Gasteiger partial charge in [-0.1, -0.05) is 86.2 Å². The summed E-state index contributed by atoms with van der Waals surface area (Å²) >= 11 is 6.18. The van der Waals surface area contributed by atoms with Crippen LogP contribution in [0.5, 0.6) is 0 Å². The summed E-state index contributed by atoms with van der Waals surface area (Å²) in [5.41, 5.74) is 4.40. The smallest absolute Gasteiger partial charge is 0.408 e. The number of nitrogens with one attached hydrogen (secondary N) is 2. The van der Waals surface area contributed by atoms with Crippen LogP contribution in [0, 0.1) is 11.8 Å². The first-order chi connectivity index (χ1) is 19.8. The lowest BCUT2D eigenvalue weighted by Gasteiger charge is -2.28. The SMILES string of the molecule is O=C(O)CC[C@H]1CCN(NC(=O)[C@H](CC2CCCCC2)NC(=O)OC(Cc2cccc(Cl)c2)c2ccccc2)C1=O. The molecule has 3 N–H and O–H groups in total. The van der Waals surface area contributed by atoms with Crippen molar-refractivity contribution >= 4 is 35.5 Å². The molecule has 0 radical (unpaired) electrons. The molecular formula is C31H38ClN3O6. The van der Waals surface area contributed by atoms with E-state index in [1.165, 1.54) is 5.01 Å². The molecule has 1 aliphatic carbocycles. The van der Waals surface area contributed by atoms with Gasteiger partial charge in [-0.25, -0.2) is 4.79 Å². The Kier molecular flexibility index (Phi) is 11.0. The molecule has 4 rings (SSSR count). The Morgan fingerprint density at radius 1 is 1.02 bits per heavy atom. The Bertz CT molecular complexity index is 1200. The van der Waals surface area contributed by atoms with E-state index >= 15 is 0 Å². The molecule has 3 atom stereocenters. The van der Waals surface area contributed by atoms with Gasteiger partial charge in [0.2, 0.25) is 5.91 Å². The lowest BCUT2D eigenvalue weighted by Crippen LogP contribution is -2.54. The van der Waals surface area contributed by atoms with Gasteiger partial charge in [-0.3, -0.25) is 24.8 Å². The Morgan fingerprint density at radius 3 is 2.49 bits per heavy atom. The highest BCUT2D eigenvalue weighted by atomic mass is 35.5. The maximum Gasteiger partial charge on any atom is 0.408 e. The molecule has 3 amide bonds. The van der Waals surface area contributed by atoms with E-state index < -0.39 is 36.0 Å². The van der Waals surface area contributed by atoms with Gasteiger partial charge in [-0.15, -0.1) is 0 Å². The Labute approximate surface area is 245 Å². The zero-order valence-corrected chi connectivity index (χ0v) is 23.9. The van der Waals surface area contributed by atoms with E-state index in [9.17, 15) is 19.2 Å². The van der Waals surface area contributed by atoms with Crippen molar-refractivity contribution < 1.29 is 29.0 Å². The molecule has 2 aliphatic rings. The number of amides is 3. The van der Waals surface area contributed by atoms with Crippen LogP contribution in [0.3, 0.4) is 0 Å². The van der Waals surface area contributed by atoms with Crippen molar-refractivity contribution in [2.24, 2.45) is 11.8 Å². The van der Waals surface area contributed by atoms with Crippen molar-refractivity contribution in [3.05, 3.63) is 70.7 Å². The number of aliphatic carboxylic acids is 1. The number of hydrogen-bond donors (Lipinski definition) is 3. The monoisotopic (exact) mass is 583 g/mol. The van der Waals surface area contributed by atoms with Crippen LogP contribution >= 0.6 is 11.6 Å². The molecule has 1 saturated heterocycles. The van der Waals surface area contributed by atoms with E-state index in [0.29, 0.717) is 30.8 Å². The van der Waals surface area contributed by atoms with Gasteiger partial charge < -0.3 is 15.2 Å². The Hall–Kier alpha value is -3.59. The number of carbonyl (C=O) groups is 4. The summed E-state index contributed by atoms with van der Waals surface area (Å²) in [6, 6.07) is 15.9. The quantitative estimate of drug-likeness (QED) is 0.306. The van der Waals surface area contributed by atoms with Gasteiger partial charge in [0.15, 0.2) is 0 Å². The largest absolute Gasteiger partial charge is 0.481 e. The maximum absolute atomic E-state index is 13.4. The molecule has 0 bridgehead atoms. The summed E-state index contributed by atoms with van der Waals surface area (Å²) in [6.45, 7) is 0.297. The number of benzene rings is 2. The predicted octanol–water partition coefficient (Wildman–Crippen LogP) is 5.43. The molecule has 1 unspecified atom stereocenters. The fourth-order valence-corrected chi connectivity index (χ4v) is 5.91. The van der Waals surface area contributed by atoms with Crippen molar-refractivity contribution in [1.82, 2.24) is 15.8 Å². The number of hydrogen-bond acceptors (Lipinski definition) is 5. The summed E-state index contributed by atoms with van der Waals surface area (Å²) in [7, 11) is 0. The van der Waals surface area contributed by atoms with Crippen LogP contribution in [-0.4, -0.2) is 46.6 Å². The number of alkyl carbamates (subject to hydrolysis) is 1. The van der Waals surface area contributed by atoms with Crippen molar-refractivity contribution in [1.29, 1.82) is 0 Å². The number of carbonyl (C=O) groups excluding carboxylic acids is 3.